The smallest absolute Gasteiger partial charge is 0.229 e. The molecule has 0 aliphatic carbocycles. The average Bonchev–Trinajstić information content (AvgIpc) is 2.38. The highest BCUT2D eigenvalue weighted by Crippen LogP contribution is 2.22. The van der Waals surface area contributed by atoms with E-state index in [4.69, 9.17) is 11.6 Å². The van der Waals surface area contributed by atoms with Crippen molar-refractivity contribution in [1.29, 1.82) is 0 Å². The second-order valence-electron chi connectivity index (χ2n) is 5.52. The Hall–Kier alpha value is -0.330. The molecule has 0 aromatic carbocycles. The first kappa shape index (κ1) is 16.7. The Morgan fingerprint density at radius 2 is 1.74 bits per heavy atom. The lowest BCUT2D eigenvalue weighted by Gasteiger charge is -2.37. The van der Waals surface area contributed by atoms with Crippen molar-refractivity contribution in [3.63, 3.8) is 0 Å². The molecule has 5 nitrogen and oxygen atoms in total. The van der Waals surface area contributed by atoms with Crippen molar-refractivity contribution in [3.05, 3.63) is 0 Å². The van der Waals surface area contributed by atoms with Gasteiger partial charge in [-0.05, 0) is 20.3 Å². The minimum Gasteiger partial charge on any atom is -0.340 e. The predicted molar refractivity (Wildman–Crippen MR) is 76.7 cm³/mol. The Labute approximate surface area is 120 Å². The van der Waals surface area contributed by atoms with Crippen molar-refractivity contribution in [2.45, 2.75) is 27.2 Å². The highest BCUT2D eigenvalue weighted by molar-refractivity contribution is 7.89. The maximum absolute atomic E-state index is 12.2. The van der Waals surface area contributed by atoms with Gasteiger partial charge >= 0.3 is 0 Å². The lowest BCUT2D eigenvalue weighted by atomic mass is 9.94. The van der Waals surface area contributed by atoms with Crippen LogP contribution in [0.4, 0.5) is 0 Å². The molecule has 0 atom stereocenters. The summed E-state index contributed by atoms with van der Waals surface area (Å²) >= 11 is 5.80. The van der Waals surface area contributed by atoms with Gasteiger partial charge in [-0.3, -0.25) is 4.79 Å². The normalized spacial score (nSPS) is 18.6. The van der Waals surface area contributed by atoms with E-state index in [1.54, 1.807) is 4.90 Å². The molecule has 0 radical (unpaired) electrons. The Morgan fingerprint density at radius 1 is 1.21 bits per heavy atom. The van der Waals surface area contributed by atoms with Gasteiger partial charge in [-0.1, -0.05) is 6.92 Å². The van der Waals surface area contributed by atoms with Crippen molar-refractivity contribution < 1.29 is 13.2 Å². The summed E-state index contributed by atoms with van der Waals surface area (Å²) in [7, 11) is -3.15. The number of hydrogen-bond donors (Lipinski definition) is 0. The van der Waals surface area contributed by atoms with Gasteiger partial charge in [0.05, 0.1) is 11.2 Å². The number of rotatable bonds is 5. The van der Waals surface area contributed by atoms with Crippen LogP contribution in [0.25, 0.3) is 0 Å². The molecule has 0 spiro atoms. The molecule has 1 heterocycles. The zero-order chi connectivity index (χ0) is 14.7. The van der Waals surface area contributed by atoms with Gasteiger partial charge in [0.1, 0.15) is 0 Å². The fraction of sp³-hybridized carbons (Fsp3) is 0.917. The van der Waals surface area contributed by atoms with Crippen LogP contribution in [0.2, 0.25) is 0 Å². The topological polar surface area (TPSA) is 57.7 Å². The molecule has 112 valence electrons. The molecule has 0 unspecified atom stereocenters. The van der Waals surface area contributed by atoms with E-state index in [2.05, 4.69) is 0 Å². The molecule has 1 fully saturated rings. The molecule has 1 saturated heterocycles. The van der Waals surface area contributed by atoms with Gasteiger partial charge in [0, 0.05) is 32.1 Å². The SMILES string of the molecule is CCCS(=O)(=O)N1CCN(C(=O)C(C)(C)CCl)CC1. The molecule has 1 amide bonds. The Balaban J connectivity index is 2.61. The summed E-state index contributed by atoms with van der Waals surface area (Å²) in [6.07, 6.45) is 0.612. The second kappa shape index (κ2) is 6.41. The van der Waals surface area contributed by atoms with Gasteiger partial charge in [-0.2, -0.15) is 4.31 Å². The van der Waals surface area contributed by atoms with Gasteiger partial charge in [0.25, 0.3) is 0 Å². The molecule has 0 aromatic heterocycles. The molecule has 7 heteroatoms. The molecule has 0 bridgehead atoms. The third-order valence-corrected chi connectivity index (χ3v) is 6.04. The first-order chi connectivity index (χ1) is 8.74. The number of piperazine rings is 1. The minimum atomic E-state index is -3.15. The maximum Gasteiger partial charge on any atom is 0.229 e. The van der Waals surface area contributed by atoms with E-state index in [-0.39, 0.29) is 17.5 Å². The number of nitrogens with zero attached hydrogens (tertiary/aromatic N) is 2. The van der Waals surface area contributed by atoms with Crippen LogP contribution in [-0.2, 0) is 14.8 Å². The summed E-state index contributed by atoms with van der Waals surface area (Å²) in [5, 5.41) is 0. The number of amides is 1. The van der Waals surface area contributed by atoms with Crippen LogP contribution in [0.1, 0.15) is 27.2 Å². The zero-order valence-corrected chi connectivity index (χ0v) is 13.4. The lowest BCUT2D eigenvalue weighted by molar-refractivity contribution is -0.140. The Bertz CT molecular complexity index is 415. The number of carbonyl (C=O) groups is 1. The van der Waals surface area contributed by atoms with Gasteiger partial charge < -0.3 is 4.90 Å². The summed E-state index contributed by atoms with van der Waals surface area (Å²) in [5.74, 6) is 0.434. The summed E-state index contributed by atoms with van der Waals surface area (Å²) in [4.78, 5) is 13.9. The summed E-state index contributed by atoms with van der Waals surface area (Å²) < 4.78 is 25.3. The summed E-state index contributed by atoms with van der Waals surface area (Å²) in [6.45, 7) is 7.12. The predicted octanol–water partition coefficient (Wildman–Crippen LogP) is 1.14. The molecule has 0 saturated carbocycles. The second-order valence-corrected chi connectivity index (χ2v) is 7.88. The summed E-state index contributed by atoms with van der Waals surface area (Å²) in [6, 6.07) is 0. The van der Waals surface area contributed by atoms with Gasteiger partial charge in [0.2, 0.25) is 15.9 Å². The van der Waals surface area contributed by atoms with Gasteiger partial charge in [-0.15, -0.1) is 11.6 Å². The van der Waals surface area contributed by atoms with Crippen molar-refractivity contribution >= 4 is 27.5 Å². The van der Waals surface area contributed by atoms with Crippen LogP contribution < -0.4 is 0 Å². The highest BCUT2D eigenvalue weighted by Gasteiger charge is 2.34. The van der Waals surface area contributed by atoms with Crippen LogP contribution >= 0.6 is 11.6 Å². The third-order valence-electron chi connectivity index (χ3n) is 3.29. The molecular formula is C12H23ClN2O3S. The summed E-state index contributed by atoms with van der Waals surface area (Å²) in [5.41, 5.74) is -0.591. The number of sulfonamides is 1. The lowest BCUT2D eigenvalue weighted by Crippen LogP contribution is -2.54. The number of halogens is 1. The van der Waals surface area contributed by atoms with E-state index in [9.17, 15) is 13.2 Å². The van der Waals surface area contributed by atoms with Crippen molar-refractivity contribution in [2.24, 2.45) is 5.41 Å². The van der Waals surface area contributed by atoms with E-state index in [1.807, 2.05) is 20.8 Å². The first-order valence-electron chi connectivity index (χ1n) is 6.58. The van der Waals surface area contributed by atoms with Crippen molar-refractivity contribution in [3.8, 4) is 0 Å². The minimum absolute atomic E-state index is 0.00459. The van der Waals surface area contributed by atoms with E-state index in [0.29, 0.717) is 32.6 Å². The first-order valence-corrected chi connectivity index (χ1v) is 8.72. The standard InChI is InChI=1S/C12H23ClN2O3S/c1-4-9-19(17,18)15-7-5-14(6-8-15)11(16)12(2,3)10-13/h4-10H2,1-3H3. The molecule has 1 rings (SSSR count). The Kier molecular flexibility index (Phi) is 5.65. The largest absolute Gasteiger partial charge is 0.340 e. The number of hydrogen-bond acceptors (Lipinski definition) is 3. The van der Waals surface area contributed by atoms with Crippen LogP contribution in [0, 0.1) is 5.41 Å². The fourth-order valence-electron chi connectivity index (χ4n) is 2.04. The number of alkyl halides is 1. The molecule has 0 aromatic rings. The van der Waals surface area contributed by atoms with Gasteiger partial charge in [0.15, 0.2) is 0 Å². The van der Waals surface area contributed by atoms with E-state index < -0.39 is 15.4 Å². The zero-order valence-electron chi connectivity index (χ0n) is 11.9. The van der Waals surface area contributed by atoms with E-state index in [0.717, 1.165) is 0 Å². The molecule has 0 N–H and O–H groups in total. The molecule has 19 heavy (non-hydrogen) atoms. The van der Waals surface area contributed by atoms with Crippen molar-refractivity contribution in [1.82, 2.24) is 9.21 Å². The highest BCUT2D eigenvalue weighted by atomic mass is 35.5. The van der Waals surface area contributed by atoms with E-state index in [1.165, 1.54) is 4.31 Å². The van der Waals surface area contributed by atoms with Gasteiger partial charge in [-0.25, -0.2) is 8.42 Å². The monoisotopic (exact) mass is 310 g/mol. The third kappa shape index (κ3) is 4.07. The van der Waals surface area contributed by atoms with Crippen LogP contribution in [0.5, 0.6) is 0 Å². The van der Waals surface area contributed by atoms with Crippen LogP contribution in [-0.4, -0.2) is 61.3 Å². The van der Waals surface area contributed by atoms with E-state index >= 15 is 0 Å². The average molecular weight is 311 g/mol. The molecular weight excluding hydrogens is 288 g/mol. The maximum atomic E-state index is 12.2. The van der Waals surface area contributed by atoms with Crippen molar-refractivity contribution in [2.75, 3.05) is 37.8 Å². The Morgan fingerprint density at radius 3 is 2.16 bits per heavy atom. The number of carbonyl (C=O) groups excluding carboxylic acids is 1. The molecule has 1 aliphatic rings. The van der Waals surface area contributed by atoms with Crippen LogP contribution in [0.15, 0.2) is 0 Å². The fourth-order valence-corrected chi connectivity index (χ4v) is 3.65. The van der Waals surface area contributed by atoms with Crippen LogP contribution in [0.3, 0.4) is 0 Å². The quantitative estimate of drug-likeness (QED) is 0.715. The molecule has 1 aliphatic heterocycles.